The first kappa shape index (κ1) is 13.9. The Morgan fingerprint density at radius 3 is 2.80 bits per heavy atom. The second-order valence-electron chi connectivity index (χ2n) is 4.26. The Bertz CT molecular complexity index is 636. The largest absolute Gasteiger partial charge is 0.530 e. The molecule has 0 aliphatic rings. The van der Waals surface area contributed by atoms with Crippen molar-refractivity contribution in [1.29, 1.82) is 0 Å². The summed E-state index contributed by atoms with van der Waals surface area (Å²) in [5, 5.41) is 15.4. The number of imidazole rings is 1. The van der Waals surface area contributed by atoms with Gasteiger partial charge in [0.05, 0.1) is 11.0 Å². The zero-order valence-corrected chi connectivity index (χ0v) is 11.0. The lowest BCUT2D eigenvalue weighted by molar-refractivity contribution is -0.242. The van der Waals surface area contributed by atoms with Crippen LogP contribution in [0.3, 0.4) is 0 Å². The first-order valence-electron chi connectivity index (χ1n) is 6.37. The van der Waals surface area contributed by atoms with Gasteiger partial charge in [-0.3, -0.25) is 0 Å². The predicted octanol–water partition coefficient (Wildman–Crippen LogP) is 1.15. The molecule has 0 spiro atoms. The highest BCUT2D eigenvalue weighted by molar-refractivity contribution is 5.95. The zero-order valence-electron chi connectivity index (χ0n) is 11.0. The minimum atomic E-state index is -1.51. The van der Waals surface area contributed by atoms with Crippen LogP contribution < -0.4 is 15.7 Å². The third kappa shape index (κ3) is 2.87. The fourth-order valence-electron chi connectivity index (χ4n) is 1.86. The van der Waals surface area contributed by atoms with Gasteiger partial charge in [0.1, 0.15) is 6.09 Å². The quantitative estimate of drug-likeness (QED) is 0.817. The average Bonchev–Trinajstić information content (AvgIpc) is 2.75. The molecule has 0 saturated heterocycles. The molecule has 1 heterocycles. The number of carboxylic acid groups (broad SMARTS) is 1. The Kier molecular flexibility index (Phi) is 4.19. The molecule has 0 fully saturated rings. The summed E-state index contributed by atoms with van der Waals surface area (Å²) in [6, 6.07) is 6.49. The number of nitrogens with zero attached hydrogens (tertiary/aromatic N) is 2. The van der Waals surface area contributed by atoms with Crippen LogP contribution in [0.15, 0.2) is 24.3 Å². The number of fused-ring (bicyclic) bond motifs is 1. The van der Waals surface area contributed by atoms with Crippen LogP contribution in [0.2, 0.25) is 0 Å². The molecule has 0 saturated carbocycles. The molecule has 0 bridgehead atoms. The number of hydrogen-bond acceptors (Lipinski definition) is 4. The molecule has 0 atom stereocenters. The number of unbranched alkanes of at least 4 members (excludes halogenated alkanes) is 1. The Balaban J connectivity index is 2.37. The van der Waals surface area contributed by atoms with Gasteiger partial charge in [0, 0.05) is 6.54 Å². The van der Waals surface area contributed by atoms with Gasteiger partial charge in [-0.05, 0) is 18.6 Å². The molecule has 2 N–H and O–H groups in total. The fourth-order valence-corrected chi connectivity index (χ4v) is 1.86. The maximum atomic E-state index is 12.2. The maximum absolute atomic E-state index is 12.2. The van der Waals surface area contributed by atoms with E-state index in [1.54, 1.807) is 24.3 Å². The molecule has 1 aromatic heterocycles. The first-order chi connectivity index (χ1) is 9.63. The summed E-state index contributed by atoms with van der Waals surface area (Å²) in [5.41, 5.74) is 1.06. The topological polar surface area (TPSA) is 99.1 Å². The third-order valence-corrected chi connectivity index (χ3v) is 2.78. The normalized spacial score (nSPS) is 10.4. The second kappa shape index (κ2) is 6.05. The van der Waals surface area contributed by atoms with E-state index in [9.17, 15) is 14.7 Å². The van der Waals surface area contributed by atoms with Crippen molar-refractivity contribution in [2.24, 2.45) is 0 Å². The number of anilines is 1. The molecule has 0 aliphatic carbocycles. The molecule has 2 rings (SSSR count). The summed E-state index contributed by atoms with van der Waals surface area (Å²) in [5.74, 6) is -0.0693. The van der Waals surface area contributed by atoms with Crippen LogP contribution in [0.5, 0.6) is 0 Å². The van der Waals surface area contributed by atoms with Gasteiger partial charge in [0.15, 0.2) is 0 Å². The molecule has 7 nitrogen and oxygen atoms in total. The molecule has 106 valence electrons. The molecule has 0 unspecified atom stereocenters. The number of hydrogen-bond donors (Lipinski definition) is 2. The van der Waals surface area contributed by atoms with E-state index in [1.165, 1.54) is 4.57 Å². The molecule has 2 amide bonds. The number of rotatable bonds is 4. The van der Waals surface area contributed by atoms with Gasteiger partial charge in [0.2, 0.25) is 5.95 Å². The zero-order chi connectivity index (χ0) is 14.5. The van der Waals surface area contributed by atoms with E-state index in [4.69, 9.17) is 0 Å². The van der Waals surface area contributed by atoms with Crippen molar-refractivity contribution in [3.8, 4) is 0 Å². The van der Waals surface area contributed by atoms with Crippen molar-refractivity contribution in [2.45, 2.75) is 19.8 Å². The third-order valence-electron chi connectivity index (χ3n) is 2.78. The van der Waals surface area contributed by atoms with Crippen LogP contribution in [-0.2, 0) is 0 Å². The summed E-state index contributed by atoms with van der Waals surface area (Å²) in [6.45, 7) is 2.54. The van der Waals surface area contributed by atoms with Gasteiger partial charge in [-0.2, -0.15) is 0 Å². The summed E-state index contributed by atoms with van der Waals surface area (Å²) < 4.78 is 1.20. The van der Waals surface area contributed by atoms with Crippen molar-refractivity contribution in [2.75, 3.05) is 11.9 Å². The average molecular weight is 275 g/mol. The molecule has 0 aliphatic heterocycles. The van der Waals surface area contributed by atoms with Crippen LogP contribution in [0.1, 0.15) is 19.8 Å². The summed E-state index contributed by atoms with van der Waals surface area (Å²) in [6.07, 6.45) is 0.291. The number of nitrogens with one attached hydrogen (secondary N) is 2. The molecule has 2 aromatic rings. The standard InChI is InChI=1S/C13H16N4O3/c1-2-3-8-14-12(18)17-10-7-5-4-6-9(10)15-11(17)16-13(19)20/h4-7H,2-3,8H2,1H3,(H,14,18)(H,15,16)(H,19,20)/p-1. The van der Waals surface area contributed by atoms with Crippen LogP contribution in [0.25, 0.3) is 11.0 Å². The van der Waals surface area contributed by atoms with E-state index < -0.39 is 12.1 Å². The number of benzene rings is 1. The van der Waals surface area contributed by atoms with E-state index in [2.05, 4.69) is 10.3 Å². The lowest BCUT2D eigenvalue weighted by atomic mass is 10.3. The Labute approximate surface area is 115 Å². The smallest absolute Gasteiger partial charge is 0.328 e. The number of aromatic nitrogens is 2. The Hall–Kier alpha value is -2.57. The molecule has 7 heteroatoms. The van der Waals surface area contributed by atoms with Gasteiger partial charge < -0.3 is 20.5 Å². The number of amides is 2. The van der Waals surface area contributed by atoms with Crippen LogP contribution in [-0.4, -0.2) is 28.2 Å². The van der Waals surface area contributed by atoms with E-state index >= 15 is 0 Å². The van der Waals surface area contributed by atoms with Crippen molar-refractivity contribution >= 4 is 29.1 Å². The van der Waals surface area contributed by atoms with E-state index in [1.807, 2.05) is 12.2 Å². The number of para-hydroxylation sites is 2. The molecule has 0 radical (unpaired) electrons. The predicted molar refractivity (Wildman–Crippen MR) is 72.5 cm³/mol. The Morgan fingerprint density at radius 2 is 2.10 bits per heavy atom. The van der Waals surface area contributed by atoms with Gasteiger partial charge in [-0.25, -0.2) is 14.3 Å². The minimum Gasteiger partial charge on any atom is -0.530 e. The molecular formula is C13H15N4O3-. The van der Waals surface area contributed by atoms with Crippen molar-refractivity contribution < 1.29 is 14.7 Å². The van der Waals surface area contributed by atoms with Crippen molar-refractivity contribution in [3.63, 3.8) is 0 Å². The van der Waals surface area contributed by atoms with Crippen molar-refractivity contribution in [1.82, 2.24) is 14.9 Å². The van der Waals surface area contributed by atoms with Gasteiger partial charge in [-0.15, -0.1) is 0 Å². The number of carbonyl (C=O) groups is 2. The second-order valence-corrected chi connectivity index (χ2v) is 4.26. The number of carbonyl (C=O) groups excluding carboxylic acids is 2. The van der Waals surface area contributed by atoms with Crippen LogP contribution >= 0.6 is 0 Å². The molecule has 20 heavy (non-hydrogen) atoms. The minimum absolute atomic E-state index is 0.0693. The highest BCUT2D eigenvalue weighted by Gasteiger charge is 2.16. The van der Waals surface area contributed by atoms with Gasteiger partial charge >= 0.3 is 6.03 Å². The first-order valence-corrected chi connectivity index (χ1v) is 6.37. The Morgan fingerprint density at radius 1 is 1.35 bits per heavy atom. The van der Waals surface area contributed by atoms with Gasteiger partial charge in [0.25, 0.3) is 0 Å². The molecule has 1 aromatic carbocycles. The molecular weight excluding hydrogens is 260 g/mol. The summed E-state index contributed by atoms with van der Waals surface area (Å²) in [4.78, 5) is 26.9. The van der Waals surface area contributed by atoms with E-state index in [-0.39, 0.29) is 5.95 Å². The highest BCUT2D eigenvalue weighted by Crippen LogP contribution is 2.18. The fraction of sp³-hybridized carbons (Fsp3) is 0.308. The van der Waals surface area contributed by atoms with Crippen molar-refractivity contribution in [3.05, 3.63) is 24.3 Å². The van der Waals surface area contributed by atoms with Gasteiger partial charge in [-0.1, -0.05) is 25.5 Å². The maximum Gasteiger partial charge on any atom is 0.328 e. The van der Waals surface area contributed by atoms with Crippen LogP contribution in [0, 0.1) is 0 Å². The lowest BCUT2D eigenvalue weighted by Crippen LogP contribution is -2.34. The SMILES string of the molecule is CCCCNC(=O)n1c(NC(=O)[O-])nc2ccccc21. The summed E-state index contributed by atoms with van der Waals surface area (Å²) >= 11 is 0. The van der Waals surface area contributed by atoms with E-state index in [0.717, 1.165) is 12.8 Å². The van der Waals surface area contributed by atoms with E-state index in [0.29, 0.717) is 17.6 Å². The monoisotopic (exact) mass is 275 g/mol. The van der Waals surface area contributed by atoms with Crippen LogP contribution in [0.4, 0.5) is 15.5 Å². The highest BCUT2D eigenvalue weighted by atomic mass is 16.4. The lowest BCUT2D eigenvalue weighted by Gasteiger charge is -2.10. The summed E-state index contributed by atoms with van der Waals surface area (Å²) in [7, 11) is 0.